The van der Waals surface area contributed by atoms with Crippen LogP contribution in [0.3, 0.4) is 0 Å². The molecule has 0 bridgehead atoms. The molecule has 1 aliphatic carbocycles. The number of benzene rings is 1. The predicted octanol–water partition coefficient (Wildman–Crippen LogP) is 1.36. The summed E-state index contributed by atoms with van der Waals surface area (Å²) in [6, 6.07) is 6.58. The van der Waals surface area contributed by atoms with Crippen molar-refractivity contribution >= 4 is 27.2 Å². The van der Waals surface area contributed by atoms with E-state index in [1.165, 1.54) is 0 Å². The lowest BCUT2D eigenvalue weighted by Gasteiger charge is -2.40. The monoisotopic (exact) mass is 328 g/mol. The summed E-state index contributed by atoms with van der Waals surface area (Å²) in [7, 11) is -1.90. The number of thiocarbonyl (C=S) groups is 1. The standard InChI is InChI=1S/C14H20N2O3S2/c1-19-14(7-2-8-14)10-16-21(17,18)12-5-3-11(4-6-12)9-13(15)20/h3-6,16H,2,7-10H2,1H3,(H2,15,20). The average molecular weight is 328 g/mol. The molecule has 1 aliphatic rings. The molecule has 0 spiro atoms. The number of methoxy groups -OCH3 is 1. The maximum Gasteiger partial charge on any atom is 0.240 e. The van der Waals surface area contributed by atoms with Gasteiger partial charge in [0.05, 0.1) is 15.5 Å². The molecule has 2 rings (SSSR count). The number of hydrogen-bond donors (Lipinski definition) is 2. The van der Waals surface area contributed by atoms with E-state index in [1.807, 2.05) is 0 Å². The SMILES string of the molecule is COC1(CNS(=O)(=O)c2ccc(CC(N)=S)cc2)CCC1. The van der Waals surface area contributed by atoms with Crippen LogP contribution in [0.25, 0.3) is 0 Å². The van der Waals surface area contributed by atoms with Gasteiger partial charge in [-0.15, -0.1) is 0 Å². The Balaban J connectivity index is 2.03. The molecule has 0 aromatic heterocycles. The zero-order chi connectivity index (χ0) is 15.5. The van der Waals surface area contributed by atoms with E-state index in [2.05, 4.69) is 4.72 Å². The van der Waals surface area contributed by atoms with E-state index in [1.54, 1.807) is 31.4 Å². The Bertz CT molecular complexity index is 602. The third-order valence-electron chi connectivity index (χ3n) is 3.89. The molecule has 0 radical (unpaired) electrons. The molecule has 21 heavy (non-hydrogen) atoms. The third kappa shape index (κ3) is 4.00. The van der Waals surface area contributed by atoms with Crippen molar-refractivity contribution in [2.24, 2.45) is 5.73 Å². The number of hydrogen-bond acceptors (Lipinski definition) is 4. The molecule has 116 valence electrons. The lowest BCUT2D eigenvalue weighted by molar-refractivity contribution is -0.0659. The molecule has 0 unspecified atom stereocenters. The summed E-state index contributed by atoms with van der Waals surface area (Å²) in [4.78, 5) is 0.621. The molecular formula is C14H20N2O3S2. The fraction of sp³-hybridized carbons (Fsp3) is 0.500. The Morgan fingerprint density at radius 3 is 2.43 bits per heavy atom. The Morgan fingerprint density at radius 2 is 2.00 bits per heavy atom. The summed E-state index contributed by atoms with van der Waals surface area (Å²) in [5.41, 5.74) is 6.03. The predicted molar refractivity (Wildman–Crippen MR) is 85.7 cm³/mol. The van der Waals surface area contributed by atoms with Crippen molar-refractivity contribution in [1.29, 1.82) is 0 Å². The second-order valence-corrected chi connectivity index (χ2v) is 7.64. The van der Waals surface area contributed by atoms with E-state index < -0.39 is 10.0 Å². The molecule has 0 amide bonds. The first-order valence-electron chi connectivity index (χ1n) is 6.79. The van der Waals surface area contributed by atoms with E-state index in [0.717, 1.165) is 24.8 Å². The van der Waals surface area contributed by atoms with Gasteiger partial charge in [0.25, 0.3) is 0 Å². The van der Waals surface area contributed by atoms with Crippen molar-refractivity contribution < 1.29 is 13.2 Å². The highest BCUT2D eigenvalue weighted by atomic mass is 32.2. The molecule has 3 N–H and O–H groups in total. The maximum absolute atomic E-state index is 12.3. The summed E-state index contributed by atoms with van der Waals surface area (Å²) in [5.74, 6) is 0. The number of rotatable bonds is 7. The normalized spacial score (nSPS) is 17.2. The van der Waals surface area contributed by atoms with Gasteiger partial charge < -0.3 is 10.5 Å². The summed E-state index contributed by atoms with van der Waals surface area (Å²) < 4.78 is 32.5. The highest BCUT2D eigenvalue weighted by Crippen LogP contribution is 2.34. The van der Waals surface area contributed by atoms with E-state index in [9.17, 15) is 8.42 Å². The second-order valence-electron chi connectivity index (χ2n) is 5.35. The smallest absolute Gasteiger partial charge is 0.240 e. The van der Waals surface area contributed by atoms with Crippen molar-refractivity contribution in [3.05, 3.63) is 29.8 Å². The minimum atomic E-state index is -3.52. The molecular weight excluding hydrogens is 308 g/mol. The van der Waals surface area contributed by atoms with Gasteiger partial charge in [-0.2, -0.15) is 0 Å². The Kier molecular flexibility index (Phi) is 4.98. The quantitative estimate of drug-likeness (QED) is 0.739. The van der Waals surface area contributed by atoms with Crippen molar-refractivity contribution in [2.75, 3.05) is 13.7 Å². The molecule has 0 atom stereocenters. The molecule has 1 aromatic rings. The Hall–Kier alpha value is -1.02. The topological polar surface area (TPSA) is 81.4 Å². The van der Waals surface area contributed by atoms with Gasteiger partial charge >= 0.3 is 0 Å². The summed E-state index contributed by atoms with van der Waals surface area (Å²) in [5, 5.41) is 0. The van der Waals surface area contributed by atoms with Gasteiger partial charge in [0.15, 0.2) is 0 Å². The fourth-order valence-corrected chi connectivity index (χ4v) is 3.60. The first-order valence-corrected chi connectivity index (χ1v) is 8.68. The largest absolute Gasteiger partial charge is 0.393 e. The molecule has 1 saturated carbocycles. The van der Waals surface area contributed by atoms with Crippen LogP contribution in [0.1, 0.15) is 24.8 Å². The lowest BCUT2D eigenvalue weighted by Crippen LogP contribution is -2.49. The Labute approximate surface area is 130 Å². The average Bonchev–Trinajstić information content (AvgIpc) is 2.38. The van der Waals surface area contributed by atoms with Gasteiger partial charge in [0, 0.05) is 20.1 Å². The van der Waals surface area contributed by atoms with Crippen LogP contribution in [0.2, 0.25) is 0 Å². The van der Waals surface area contributed by atoms with E-state index >= 15 is 0 Å². The molecule has 0 saturated heterocycles. The van der Waals surface area contributed by atoms with Crippen LogP contribution in [0.4, 0.5) is 0 Å². The van der Waals surface area contributed by atoms with Crippen LogP contribution < -0.4 is 10.5 Å². The molecule has 5 nitrogen and oxygen atoms in total. The van der Waals surface area contributed by atoms with Gasteiger partial charge in [0.1, 0.15) is 0 Å². The van der Waals surface area contributed by atoms with Gasteiger partial charge in [-0.3, -0.25) is 0 Å². The minimum absolute atomic E-state index is 0.236. The fourth-order valence-electron chi connectivity index (χ4n) is 2.32. The highest BCUT2D eigenvalue weighted by Gasteiger charge is 2.37. The highest BCUT2D eigenvalue weighted by molar-refractivity contribution is 7.89. The van der Waals surface area contributed by atoms with Crippen LogP contribution >= 0.6 is 12.2 Å². The first-order chi connectivity index (χ1) is 9.87. The number of nitrogens with one attached hydrogen (secondary N) is 1. The van der Waals surface area contributed by atoms with Crippen molar-refractivity contribution in [1.82, 2.24) is 4.72 Å². The van der Waals surface area contributed by atoms with E-state index in [0.29, 0.717) is 18.0 Å². The van der Waals surface area contributed by atoms with Gasteiger partial charge in [-0.1, -0.05) is 24.4 Å². The molecule has 0 heterocycles. The summed E-state index contributed by atoms with van der Waals surface area (Å²) in [6.45, 7) is 0.306. The van der Waals surface area contributed by atoms with Gasteiger partial charge in [-0.05, 0) is 37.0 Å². The van der Waals surface area contributed by atoms with Crippen molar-refractivity contribution in [3.8, 4) is 0 Å². The summed E-state index contributed by atoms with van der Waals surface area (Å²) in [6.07, 6.45) is 3.32. The zero-order valence-corrected chi connectivity index (χ0v) is 13.6. The van der Waals surface area contributed by atoms with Crippen molar-refractivity contribution in [3.63, 3.8) is 0 Å². The third-order valence-corrected chi connectivity index (χ3v) is 5.46. The van der Waals surface area contributed by atoms with Crippen LogP contribution in [-0.4, -0.2) is 32.7 Å². The summed E-state index contributed by atoms with van der Waals surface area (Å²) >= 11 is 4.83. The number of sulfonamides is 1. The van der Waals surface area contributed by atoms with E-state index in [-0.39, 0.29) is 10.5 Å². The van der Waals surface area contributed by atoms with Crippen LogP contribution in [0, 0.1) is 0 Å². The molecule has 7 heteroatoms. The van der Waals surface area contributed by atoms with Gasteiger partial charge in [-0.25, -0.2) is 13.1 Å². The number of nitrogens with two attached hydrogens (primary N) is 1. The lowest BCUT2D eigenvalue weighted by atomic mass is 9.80. The maximum atomic E-state index is 12.3. The molecule has 1 aromatic carbocycles. The first kappa shape index (κ1) is 16.4. The van der Waals surface area contributed by atoms with Crippen molar-refractivity contribution in [2.45, 2.75) is 36.2 Å². The zero-order valence-electron chi connectivity index (χ0n) is 12.0. The van der Waals surface area contributed by atoms with Crippen LogP contribution in [0.5, 0.6) is 0 Å². The van der Waals surface area contributed by atoms with Crippen LogP contribution in [0.15, 0.2) is 29.2 Å². The molecule has 0 aliphatic heterocycles. The van der Waals surface area contributed by atoms with E-state index in [4.69, 9.17) is 22.7 Å². The number of ether oxygens (including phenoxy) is 1. The van der Waals surface area contributed by atoms with Gasteiger partial charge in [0.2, 0.25) is 10.0 Å². The second kappa shape index (κ2) is 6.39. The molecule has 1 fully saturated rings. The Morgan fingerprint density at radius 1 is 1.38 bits per heavy atom. The van der Waals surface area contributed by atoms with Crippen LogP contribution in [-0.2, 0) is 21.2 Å². The minimum Gasteiger partial charge on any atom is -0.393 e.